The predicted octanol–water partition coefficient (Wildman–Crippen LogP) is 4.88. The van der Waals surface area contributed by atoms with Crippen molar-refractivity contribution in [2.75, 3.05) is 0 Å². The van der Waals surface area contributed by atoms with E-state index in [1.165, 1.54) is 11.1 Å². The van der Waals surface area contributed by atoms with Crippen LogP contribution in [0.5, 0.6) is 0 Å². The molecule has 1 aromatic carbocycles. The van der Waals surface area contributed by atoms with Crippen molar-refractivity contribution in [1.82, 2.24) is 4.98 Å². The van der Waals surface area contributed by atoms with Crippen molar-refractivity contribution in [3.05, 3.63) is 70.0 Å². The first-order valence-corrected chi connectivity index (χ1v) is 8.11. The molecule has 0 spiro atoms. The molecule has 0 aliphatic carbocycles. The number of thiazole rings is 1. The highest BCUT2D eigenvalue weighted by atomic mass is 32.2. The van der Waals surface area contributed by atoms with Gasteiger partial charge >= 0.3 is 0 Å². The highest BCUT2D eigenvalue weighted by Crippen LogP contribution is 2.44. The number of allylic oxidation sites excluding steroid dienone is 1. The SMILES string of the molecule is C=C(c1cscn1)C1SC=CC1c1ccccc1C. The average molecular weight is 285 g/mol. The Bertz CT molecular complexity index is 613. The largest absolute Gasteiger partial charge is 0.245 e. The number of thioether (sulfide) groups is 1. The highest BCUT2D eigenvalue weighted by Gasteiger charge is 2.29. The maximum Gasteiger partial charge on any atom is 0.0798 e. The smallest absolute Gasteiger partial charge is 0.0798 e. The molecule has 19 heavy (non-hydrogen) atoms. The molecule has 3 heteroatoms. The van der Waals surface area contributed by atoms with Gasteiger partial charge in [0.2, 0.25) is 0 Å². The van der Waals surface area contributed by atoms with Crippen LogP contribution < -0.4 is 0 Å². The van der Waals surface area contributed by atoms with E-state index in [2.05, 4.69) is 59.6 Å². The van der Waals surface area contributed by atoms with Crippen LogP contribution in [0.2, 0.25) is 0 Å². The van der Waals surface area contributed by atoms with Crippen molar-refractivity contribution >= 4 is 28.7 Å². The Morgan fingerprint density at radius 1 is 1.32 bits per heavy atom. The second-order valence-corrected chi connectivity index (χ2v) is 6.44. The Balaban J connectivity index is 1.92. The van der Waals surface area contributed by atoms with Gasteiger partial charge in [-0.3, -0.25) is 0 Å². The minimum Gasteiger partial charge on any atom is -0.245 e. The molecule has 2 heterocycles. The van der Waals surface area contributed by atoms with Crippen molar-refractivity contribution < 1.29 is 0 Å². The van der Waals surface area contributed by atoms with Gasteiger partial charge in [-0.1, -0.05) is 36.9 Å². The Morgan fingerprint density at radius 2 is 2.16 bits per heavy atom. The quantitative estimate of drug-likeness (QED) is 0.797. The summed E-state index contributed by atoms with van der Waals surface area (Å²) in [6.45, 7) is 6.44. The Labute approximate surface area is 122 Å². The lowest BCUT2D eigenvalue weighted by Crippen LogP contribution is -2.13. The second-order valence-electron chi connectivity index (χ2n) is 4.67. The van der Waals surface area contributed by atoms with Gasteiger partial charge in [-0.05, 0) is 29.0 Å². The van der Waals surface area contributed by atoms with E-state index in [4.69, 9.17) is 0 Å². The summed E-state index contributed by atoms with van der Waals surface area (Å²) in [6, 6.07) is 8.60. The molecule has 3 rings (SSSR count). The van der Waals surface area contributed by atoms with Gasteiger partial charge < -0.3 is 0 Å². The van der Waals surface area contributed by atoms with Crippen molar-refractivity contribution in [2.24, 2.45) is 0 Å². The Kier molecular flexibility index (Phi) is 3.58. The van der Waals surface area contributed by atoms with Crippen LogP contribution >= 0.6 is 23.1 Å². The molecule has 2 atom stereocenters. The topological polar surface area (TPSA) is 12.9 Å². The number of benzene rings is 1. The van der Waals surface area contributed by atoms with E-state index in [0.717, 1.165) is 11.3 Å². The fourth-order valence-electron chi connectivity index (χ4n) is 2.44. The van der Waals surface area contributed by atoms with Crippen molar-refractivity contribution in [1.29, 1.82) is 0 Å². The molecule has 1 aromatic heterocycles. The van der Waals surface area contributed by atoms with E-state index >= 15 is 0 Å². The normalized spacial score (nSPS) is 21.7. The maximum atomic E-state index is 4.39. The fraction of sp³-hybridized carbons (Fsp3) is 0.188. The number of aromatic nitrogens is 1. The van der Waals surface area contributed by atoms with Crippen molar-refractivity contribution in [3.8, 4) is 0 Å². The van der Waals surface area contributed by atoms with Crippen LogP contribution in [0.1, 0.15) is 22.7 Å². The van der Waals surface area contributed by atoms with E-state index in [1.54, 1.807) is 11.3 Å². The molecule has 0 N–H and O–H groups in total. The van der Waals surface area contributed by atoms with Gasteiger partial charge in [0, 0.05) is 16.5 Å². The molecule has 0 radical (unpaired) electrons. The maximum absolute atomic E-state index is 4.39. The average Bonchev–Trinajstić information content (AvgIpc) is 3.10. The number of aryl methyl sites for hydroxylation is 1. The zero-order valence-corrected chi connectivity index (χ0v) is 12.4. The summed E-state index contributed by atoms with van der Waals surface area (Å²) in [5.74, 6) is 0.403. The Morgan fingerprint density at radius 3 is 2.89 bits per heavy atom. The second kappa shape index (κ2) is 5.35. The highest BCUT2D eigenvalue weighted by molar-refractivity contribution is 8.03. The van der Waals surface area contributed by atoms with Gasteiger partial charge in [0.05, 0.1) is 11.2 Å². The summed E-state index contributed by atoms with van der Waals surface area (Å²) in [6.07, 6.45) is 2.29. The lowest BCUT2D eigenvalue weighted by atomic mass is 9.88. The van der Waals surface area contributed by atoms with Crippen LogP contribution in [-0.2, 0) is 0 Å². The minimum atomic E-state index is 0.364. The van der Waals surface area contributed by atoms with E-state index in [1.807, 2.05) is 17.3 Å². The van der Waals surface area contributed by atoms with Crippen molar-refractivity contribution in [3.63, 3.8) is 0 Å². The van der Waals surface area contributed by atoms with Crippen LogP contribution in [-0.4, -0.2) is 10.2 Å². The zero-order chi connectivity index (χ0) is 13.2. The molecule has 0 fully saturated rings. The van der Waals surface area contributed by atoms with Gasteiger partial charge in [0.25, 0.3) is 0 Å². The molecule has 0 saturated carbocycles. The molecule has 0 amide bonds. The molecular formula is C16H15NS2. The van der Waals surface area contributed by atoms with Crippen LogP contribution in [0.15, 0.2) is 53.2 Å². The minimum absolute atomic E-state index is 0.364. The summed E-state index contributed by atoms with van der Waals surface area (Å²) in [4.78, 5) is 4.39. The molecular weight excluding hydrogens is 270 g/mol. The van der Waals surface area contributed by atoms with E-state index in [-0.39, 0.29) is 0 Å². The molecule has 96 valence electrons. The van der Waals surface area contributed by atoms with Crippen molar-refractivity contribution in [2.45, 2.75) is 18.1 Å². The molecule has 1 aliphatic heterocycles. The first-order chi connectivity index (χ1) is 9.27. The molecule has 1 nitrogen and oxygen atoms in total. The molecule has 2 aromatic rings. The van der Waals surface area contributed by atoms with Gasteiger partial charge in [-0.25, -0.2) is 4.98 Å². The molecule has 0 saturated heterocycles. The van der Waals surface area contributed by atoms with Crippen LogP contribution in [0.4, 0.5) is 0 Å². The van der Waals surface area contributed by atoms with E-state index in [9.17, 15) is 0 Å². The number of rotatable bonds is 3. The fourth-order valence-corrected chi connectivity index (χ4v) is 4.14. The van der Waals surface area contributed by atoms with Gasteiger partial charge in [-0.2, -0.15) is 0 Å². The van der Waals surface area contributed by atoms with Gasteiger partial charge in [0.1, 0.15) is 0 Å². The number of hydrogen-bond acceptors (Lipinski definition) is 3. The molecule has 1 aliphatic rings. The van der Waals surface area contributed by atoms with Crippen LogP contribution in [0.25, 0.3) is 5.57 Å². The third-order valence-corrected chi connectivity index (χ3v) is 5.26. The number of nitrogens with zero attached hydrogens (tertiary/aromatic N) is 1. The first-order valence-electron chi connectivity index (χ1n) is 6.22. The van der Waals surface area contributed by atoms with E-state index < -0.39 is 0 Å². The lowest BCUT2D eigenvalue weighted by Gasteiger charge is -2.21. The Hall–Kier alpha value is -1.32. The molecule has 2 unspecified atom stereocenters. The van der Waals surface area contributed by atoms with Gasteiger partial charge in [0.15, 0.2) is 0 Å². The summed E-state index contributed by atoms with van der Waals surface area (Å²) >= 11 is 3.47. The van der Waals surface area contributed by atoms with Crippen LogP contribution in [0, 0.1) is 6.92 Å². The van der Waals surface area contributed by atoms with E-state index in [0.29, 0.717) is 11.2 Å². The predicted molar refractivity (Wildman–Crippen MR) is 85.6 cm³/mol. The first kappa shape index (κ1) is 12.7. The zero-order valence-electron chi connectivity index (χ0n) is 10.7. The number of hydrogen-bond donors (Lipinski definition) is 0. The molecule has 0 bridgehead atoms. The summed E-state index contributed by atoms with van der Waals surface area (Å²) in [5.41, 5.74) is 6.77. The summed E-state index contributed by atoms with van der Waals surface area (Å²) in [5, 5.41) is 4.64. The van der Waals surface area contributed by atoms with Crippen LogP contribution in [0.3, 0.4) is 0 Å². The third-order valence-electron chi connectivity index (χ3n) is 3.49. The summed E-state index contributed by atoms with van der Waals surface area (Å²) < 4.78 is 0. The third kappa shape index (κ3) is 2.40. The van der Waals surface area contributed by atoms with Gasteiger partial charge in [-0.15, -0.1) is 23.1 Å². The lowest BCUT2D eigenvalue weighted by molar-refractivity contribution is 0.896. The monoisotopic (exact) mass is 285 g/mol. The standard InChI is InChI=1S/C16H15NS2/c1-11-5-3-4-6-13(11)14-7-8-19-16(14)12(2)15-9-18-10-17-15/h3-10,14,16H,2H2,1H3. The summed E-state index contributed by atoms with van der Waals surface area (Å²) in [7, 11) is 0.